The summed E-state index contributed by atoms with van der Waals surface area (Å²) < 4.78 is 24.7. The average Bonchev–Trinajstić information content (AvgIpc) is 2.69. The molecule has 190 valence electrons. The highest BCUT2D eigenvalue weighted by Gasteiger charge is 2.65. The van der Waals surface area contributed by atoms with Crippen molar-refractivity contribution in [3.05, 3.63) is 0 Å². The molecule has 0 aliphatic rings. The molecule has 0 rings (SSSR count). The molecule has 0 spiro atoms. The van der Waals surface area contributed by atoms with Crippen LogP contribution in [0.1, 0.15) is 79.1 Å². The smallest absolute Gasteiger partial charge is 0.340 e. The third-order valence-corrected chi connectivity index (χ3v) is 7.15. The van der Waals surface area contributed by atoms with E-state index < -0.39 is 39.8 Å². The van der Waals surface area contributed by atoms with Gasteiger partial charge in [0.15, 0.2) is 27.8 Å². The molecule has 0 saturated carbocycles. The normalized spacial score (nSPS) is 16.2. The highest BCUT2D eigenvalue weighted by Crippen LogP contribution is 2.42. The van der Waals surface area contributed by atoms with Gasteiger partial charge in [0, 0.05) is 0 Å². The summed E-state index contributed by atoms with van der Waals surface area (Å²) in [6.45, 7) is 20.7. The summed E-state index contributed by atoms with van der Waals surface area (Å²) in [7, 11) is -4.59. The zero-order valence-electron chi connectivity index (χ0n) is 22.5. The van der Waals surface area contributed by atoms with Crippen LogP contribution in [0.3, 0.4) is 0 Å². The van der Waals surface area contributed by atoms with Crippen molar-refractivity contribution in [2.45, 2.75) is 130 Å². The van der Waals surface area contributed by atoms with Gasteiger partial charge in [0.05, 0.1) is 13.2 Å². The zero-order valence-corrected chi connectivity index (χ0v) is 24.5. The second-order valence-corrected chi connectivity index (χ2v) is 19.3. The van der Waals surface area contributed by atoms with Crippen molar-refractivity contribution in [3.63, 3.8) is 0 Å². The van der Waals surface area contributed by atoms with Gasteiger partial charge in [-0.05, 0) is 65.0 Å². The van der Waals surface area contributed by atoms with E-state index in [-0.39, 0.29) is 12.8 Å². The Morgan fingerprint density at radius 2 is 0.906 bits per heavy atom. The first-order chi connectivity index (χ1) is 14.7. The Labute approximate surface area is 199 Å². The molecule has 0 radical (unpaired) electrons. The highest BCUT2D eigenvalue weighted by atomic mass is 28.4. The van der Waals surface area contributed by atoms with Crippen LogP contribution in [0.2, 0.25) is 39.3 Å². The summed E-state index contributed by atoms with van der Waals surface area (Å²) in [6, 6.07) is 0. The fourth-order valence-electron chi connectivity index (χ4n) is 3.89. The van der Waals surface area contributed by atoms with E-state index in [2.05, 4.69) is 13.8 Å². The van der Waals surface area contributed by atoms with Gasteiger partial charge in [-0.3, -0.25) is 0 Å². The number of hydrogen-bond donors (Lipinski definition) is 0. The molecule has 2 atom stereocenters. The fourth-order valence-corrected chi connectivity index (χ4v) is 6.77. The number of ether oxygens (including phenoxy) is 2. The van der Waals surface area contributed by atoms with Gasteiger partial charge in [0.2, 0.25) is 0 Å². The monoisotopic (exact) mass is 490 g/mol. The Bertz CT molecular complexity index is 520. The van der Waals surface area contributed by atoms with Crippen molar-refractivity contribution in [1.29, 1.82) is 0 Å². The number of carbonyl (C=O) groups excluding carboxylic acids is 2. The molecule has 32 heavy (non-hydrogen) atoms. The second-order valence-electron chi connectivity index (χ2n) is 10.5. The molecule has 0 saturated heterocycles. The van der Waals surface area contributed by atoms with Crippen LogP contribution < -0.4 is 0 Å². The molecule has 0 bridgehead atoms. The molecular weight excluding hydrogens is 440 g/mol. The van der Waals surface area contributed by atoms with Crippen LogP contribution in [0.5, 0.6) is 0 Å². The lowest BCUT2D eigenvalue weighted by atomic mass is 9.78. The molecule has 0 heterocycles. The maximum Gasteiger partial charge on any atom is 0.340 e. The molecule has 2 unspecified atom stereocenters. The van der Waals surface area contributed by atoms with E-state index in [1.807, 2.05) is 53.1 Å². The zero-order chi connectivity index (χ0) is 25.1. The molecule has 0 N–H and O–H groups in total. The summed E-state index contributed by atoms with van der Waals surface area (Å²) >= 11 is 0. The summed E-state index contributed by atoms with van der Waals surface area (Å²) in [5, 5.41) is 0. The molecule has 8 heteroatoms. The maximum absolute atomic E-state index is 13.7. The predicted molar refractivity (Wildman–Crippen MR) is 136 cm³/mol. The number of hydrogen-bond acceptors (Lipinski definition) is 6. The number of carbonyl (C=O) groups is 2. The summed E-state index contributed by atoms with van der Waals surface area (Å²) in [5.41, 5.74) is -3.08. The van der Waals surface area contributed by atoms with Crippen molar-refractivity contribution in [1.82, 2.24) is 0 Å². The third-order valence-electron chi connectivity index (χ3n) is 5.23. The lowest BCUT2D eigenvalue weighted by Crippen LogP contribution is -2.70. The molecule has 0 aromatic heterocycles. The lowest BCUT2D eigenvalue weighted by Gasteiger charge is -2.50. The number of rotatable bonds is 17. The largest absolute Gasteiger partial charge is 0.463 e. The fraction of sp³-hybridized carbons (Fsp3) is 0.917. The van der Waals surface area contributed by atoms with Crippen molar-refractivity contribution in [3.8, 4) is 0 Å². The van der Waals surface area contributed by atoms with Gasteiger partial charge in [-0.1, -0.05) is 53.4 Å². The number of unbranched alkanes of at least 4 members (excludes halogenated alkanes) is 4. The van der Waals surface area contributed by atoms with Crippen molar-refractivity contribution in [2.75, 3.05) is 13.2 Å². The standard InChI is InChI=1S/C24H50O6Si2/c1-11-15-17-19-27-21(25)23(13-3,29-31(5,6)7)24(14-4,30-32(8,9)10)22(26)28-20-18-16-12-2/h11-20H2,1-10H3. The Morgan fingerprint density at radius 3 is 1.12 bits per heavy atom. The van der Waals surface area contributed by atoms with Crippen LogP contribution in [0, 0.1) is 0 Å². The minimum Gasteiger partial charge on any atom is -0.463 e. The SMILES string of the molecule is CCCCCOC(=O)C(CC)(O[Si](C)(C)C)C(CC)(O[Si](C)(C)C)C(=O)OCCCCC. The van der Waals surface area contributed by atoms with Gasteiger partial charge >= 0.3 is 11.9 Å². The van der Waals surface area contributed by atoms with Crippen LogP contribution >= 0.6 is 0 Å². The van der Waals surface area contributed by atoms with Crippen LogP contribution in [-0.2, 0) is 27.9 Å². The van der Waals surface area contributed by atoms with Crippen molar-refractivity contribution < 1.29 is 27.9 Å². The molecule has 0 aliphatic heterocycles. The molecule has 0 amide bonds. The van der Waals surface area contributed by atoms with E-state index in [0.717, 1.165) is 38.5 Å². The quantitative estimate of drug-likeness (QED) is 0.132. The molecule has 0 aliphatic carbocycles. The first-order valence-corrected chi connectivity index (χ1v) is 19.3. The molecule has 0 fully saturated rings. The molecule has 6 nitrogen and oxygen atoms in total. The Kier molecular flexibility index (Phi) is 13.6. The minimum absolute atomic E-state index is 0.270. The van der Waals surface area contributed by atoms with E-state index in [4.69, 9.17) is 18.3 Å². The van der Waals surface area contributed by atoms with Gasteiger partial charge in [-0.15, -0.1) is 0 Å². The van der Waals surface area contributed by atoms with E-state index >= 15 is 0 Å². The first-order valence-electron chi connectivity index (χ1n) is 12.5. The number of esters is 2. The first kappa shape index (κ1) is 31.3. The topological polar surface area (TPSA) is 71.1 Å². The van der Waals surface area contributed by atoms with Gasteiger partial charge in [-0.2, -0.15) is 0 Å². The summed E-state index contributed by atoms with van der Waals surface area (Å²) in [4.78, 5) is 27.4. The summed E-state index contributed by atoms with van der Waals surface area (Å²) in [6.07, 6.45) is 6.12. The van der Waals surface area contributed by atoms with Crippen molar-refractivity contribution in [2.24, 2.45) is 0 Å². The highest BCUT2D eigenvalue weighted by molar-refractivity contribution is 6.70. The molecular formula is C24H50O6Si2. The van der Waals surface area contributed by atoms with E-state index in [1.165, 1.54) is 0 Å². The average molecular weight is 491 g/mol. The van der Waals surface area contributed by atoms with Gasteiger partial charge in [0.25, 0.3) is 0 Å². The van der Waals surface area contributed by atoms with Gasteiger partial charge in [0.1, 0.15) is 0 Å². The second kappa shape index (κ2) is 13.9. The summed E-state index contributed by atoms with van der Waals surface area (Å²) in [5.74, 6) is -1.02. The molecule has 0 aromatic rings. The third kappa shape index (κ3) is 9.27. The Balaban J connectivity index is 6.45. The maximum atomic E-state index is 13.7. The van der Waals surface area contributed by atoms with Gasteiger partial charge in [-0.25, -0.2) is 9.59 Å². The van der Waals surface area contributed by atoms with Crippen LogP contribution in [-0.4, -0.2) is 53.0 Å². The van der Waals surface area contributed by atoms with E-state index in [1.54, 1.807) is 0 Å². The Hall–Kier alpha value is -0.706. The van der Waals surface area contributed by atoms with Crippen LogP contribution in [0.4, 0.5) is 0 Å². The van der Waals surface area contributed by atoms with Crippen molar-refractivity contribution >= 4 is 28.6 Å². The van der Waals surface area contributed by atoms with E-state index in [9.17, 15) is 9.59 Å². The molecule has 0 aromatic carbocycles. The van der Waals surface area contributed by atoms with Crippen LogP contribution in [0.15, 0.2) is 0 Å². The van der Waals surface area contributed by atoms with Gasteiger partial charge < -0.3 is 18.3 Å². The predicted octanol–water partition coefficient (Wildman–Crippen LogP) is 6.45. The minimum atomic E-state index is -2.30. The Morgan fingerprint density at radius 1 is 0.594 bits per heavy atom. The lowest BCUT2D eigenvalue weighted by molar-refractivity contribution is -0.207. The van der Waals surface area contributed by atoms with E-state index in [0.29, 0.717) is 13.2 Å². The van der Waals surface area contributed by atoms with Crippen LogP contribution in [0.25, 0.3) is 0 Å².